The average molecular weight is 279 g/mol. The first-order valence-electron chi connectivity index (χ1n) is 4.71. The number of carboxylic acids is 1. The molecule has 1 aromatic rings. The van der Waals surface area contributed by atoms with Crippen LogP contribution in [-0.2, 0) is 14.8 Å². The van der Waals surface area contributed by atoms with Crippen molar-refractivity contribution in [1.29, 1.82) is 0 Å². The molecule has 6 nitrogen and oxygen atoms in total. The molecule has 1 aromatic heterocycles. The summed E-state index contributed by atoms with van der Waals surface area (Å²) in [5.74, 6) is -1.13. The van der Waals surface area contributed by atoms with Gasteiger partial charge in [0.1, 0.15) is 4.88 Å². The van der Waals surface area contributed by atoms with Gasteiger partial charge in [0.15, 0.2) is 0 Å². The summed E-state index contributed by atoms with van der Waals surface area (Å²) in [7, 11) is -2.19. The van der Waals surface area contributed by atoms with Gasteiger partial charge < -0.3 is 9.84 Å². The van der Waals surface area contributed by atoms with Gasteiger partial charge in [0.25, 0.3) is 0 Å². The molecule has 0 unspecified atom stereocenters. The number of hydrogen-bond acceptors (Lipinski definition) is 5. The quantitative estimate of drug-likeness (QED) is 0.747. The van der Waals surface area contributed by atoms with Crippen LogP contribution in [0.4, 0.5) is 0 Å². The molecule has 17 heavy (non-hydrogen) atoms. The van der Waals surface area contributed by atoms with E-state index in [1.165, 1.54) is 7.11 Å². The van der Waals surface area contributed by atoms with E-state index in [2.05, 4.69) is 4.72 Å². The highest BCUT2D eigenvalue weighted by Crippen LogP contribution is 2.25. The second kappa shape index (κ2) is 5.58. The third kappa shape index (κ3) is 3.50. The van der Waals surface area contributed by atoms with Crippen LogP contribution in [-0.4, -0.2) is 39.8 Å². The minimum Gasteiger partial charge on any atom is -0.477 e. The smallest absolute Gasteiger partial charge is 0.345 e. The number of carbonyl (C=O) groups is 1. The van der Waals surface area contributed by atoms with E-state index in [1.54, 1.807) is 6.92 Å². The standard InChI is InChI=1S/C9H13NO5S2/c1-6-8(5-7(16-6)9(11)12)17(13,14)10-3-4-15-2/h5,10H,3-4H2,1-2H3,(H,11,12). The van der Waals surface area contributed by atoms with Gasteiger partial charge in [-0.25, -0.2) is 17.9 Å². The lowest BCUT2D eigenvalue weighted by Gasteiger charge is -2.04. The van der Waals surface area contributed by atoms with Crippen molar-refractivity contribution in [3.05, 3.63) is 15.8 Å². The van der Waals surface area contributed by atoms with Gasteiger partial charge in [0, 0.05) is 18.5 Å². The molecule has 0 aliphatic heterocycles. The topological polar surface area (TPSA) is 92.7 Å². The van der Waals surface area contributed by atoms with Gasteiger partial charge in [-0.1, -0.05) is 0 Å². The molecular formula is C9H13NO5S2. The number of carboxylic acid groups (broad SMARTS) is 1. The number of aryl methyl sites for hydroxylation is 1. The molecule has 1 rings (SSSR count). The number of aromatic carboxylic acids is 1. The third-order valence-electron chi connectivity index (χ3n) is 1.97. The van der Waals surface area contributed by atoms with E-state index >= 15 is 0 Å². The molecule has 0 fully saturated rings. The Morgan fingerprint density at radius 2 is 2.24 bits per heavy atom. The Morgan fingerprint density at radius 1 is 1.59 bits per heavy atom. The van der Waals surface area contributed by atoms with Gasteiger partial charge in [-0.3, -0.25) is 0 Å². The normalized spacial score (nSPS) is 11.6. The Morgan fingerprint density at radius 3 is 2.71 bits per heavy atom. The zero-order chi connectivity index (χ0) is 13.1. The minimum absolute atomic E-state index is 0.00890. The molecule has 0 spiro atoms. The number of methoxy groups -OCH3 is 1. The maximum atomic E-state index is 11.8. The molecule has 96 valence electrons. The van der Waals surface area contributed by atoms with Gasteiger partial charge in [-0.15, -0.1) is 11.3 Å². The van der Waals surface area contributed by atoms with E-state index in [1.807, 2.05) is 0 Å². The molecule has 0 atom stereocenters. The molecule has 0 saturated carbocycles. The molecule has 0 aromatic carbocycles. The molecule has 0 aliphatic carbocycles. The molecule has 0 radical (unpaired) electrons. The maximum absolute atomic E-state index is 11.8. The summed E-state index contributed by atoms with van der Waals surface area (Å²) in [5, 5.41) is 8.78. The van der Waals surface area contributed by atoms with E-state index < -0.39 is 16.0 Å². The summed E-state index contributed by atoms with van der Waals surface area (Å²) in [6, 6.07) is 1.16. The fraction of sp³-hybridized carbons (Fsp3) is 0.444. The van der Waals surface area contributed by atoms with Gasteiger partial charge in [-0.2, -0.15) is 0 Å². The largest absolute Gasteiger partial charge is 0.477 e. The zero-order valence-electron chi connectivity index (χ0n) is 9.39. The van der Waals surface area contributed by atoms with Crippen LogP contribution in [0.2, 0.25) is 0 Å². The van der Waals surface area contributed by atoms with Crippen molar-refractivity contribution in [2.24, 2.45) is 0 Å². The summed E-state index contributed by atoms with van der Waals surface area (Å²) in [6.07, 6.45) is 0. The van der Waals surface area contributed by atoms with Crippen LogP contribution in [0.5, 0.6) is 0 Å². The fourth-order valence-electron chi connectivity index (χ4n) is 1.19. The molecule has 2 N–H and O–H groups in total. The first kappa shape index (κ1) is 14.1. The Kier molecular flexibility index (Phi) is 4.63. The summed E-state index contributed by atoms with van der Waals surface area (Å²) in [6.45, 7) is 1.98. The van der Waals surface area contributed by atoms with E-state index in [-0.39, 0.29) is 22.9 Å². The first-order valence-corrected chi connectivity index (χ1v) is 7.01. The third-order valence-corrected chi connectivity index (χ3v) is 4.73. The van der Waals surface area contributed by atoms with Crippen molar-refractivity contribution >= 4 is 27.3 Å². The van der Waals surface area contributed by atoms with E-state index in [9.17, 15) is 13.2 Å². The van der Waals surface area contributed by atoms with E-state index in [0.717, 1.165) is 17.4 Å². The molecule has 0 bridgehead atoms. The van der Waals surface area contributed by atoms with Crippen LogP contribution in [0.15, 0.2) is 11.0 Å². The van der Waals surface area contributed by atoms with Crippen molar-refractivity contribution in [2.45, 2.75) is 11.8 Å². The summed E-state index contributed by atoms with van der Waals surface area (Å²) >= 11 is 0.939. The Bertz CT molecular complexity index is 505. The lowest BCUT2D eigenvalue weighted by atomic mass is 10.4. The van der Waals surface area contributed by atoms with Gasteiger partial charge in [-0.05, 0) is 13.0 Å². The maximum Gasteiger partial charge on any atom is 0.345 e. The zero-order valence-corrected chi connectivity index (χ0v) is 11.0. The summed E-state index contributed by atoms with van der Waals surface area (Å²) in [5.41, 5.74) is 0. The molecule has 1 heterocycles. The summed E-state index contributed by atoms with van der Waals surface area (Å²) < 4.78 is 30.7. The number of hydrogen-bond donors (Lipinski definition) is 2. The number of thiophene rings is 1. The molecule has 0 aliphatic rings. The van der Waals surface area contributed by atoms with E-state index in [0.29, 0.717) is 4.88 Å². The first-order chi connectivity index (χ1) is 7.88. The van der Waals surface area contributed by atoms with E-state index in [4.69, 9.17) is 9.84 Å². The minimum atomic E-state index is -3.66. The monoisotopic (exact) mass is 279 g/mol. The fourth-order valence-corrected chi connectivity index (χ4v) is 3.63. The van der Waals surface area contributed by atoms with Gasteiger partial charge in [0.2, 0.25) is 10.0 Å². The van der Waals surface area contributed by atoms with Crippen molar-refractivity contribution in [3.8, 4) is 0 Å². The second-order valence-electron chi connectivity index (χ2n) is 3.23. The predicted molar refractivity (Wildman–Crippen MR) is 63.1 cm³/mol. The van der Waals surface area contributed by atoms with Crippen LogP contribution >= 0.6 is 11.3 Å². The lowest BCUT2D eigenvalue weighted by Crippen LogP contribution is -2.27. The van der Waals surface area contributed by atoms with Gasteiger partial charge in [0.05, 0.1) is 11.5 Å². The lowest BCUT2D eigenvalue weighted by molar-refractivity contribution is 0.0702. The Balaban J connectivity index is 2.95. The van der Waals surface area contributed by atoms with Crippen molar-refractivity contribution in [3.63, 3.8) is 0 Å². The van der Waals surface area contributed by atoms with Crippen LogP contribution in [0.1, 0.15) is 14.5 Å². The number of rotatable bonds is 6. The predicted octanol–water partition coefficient (Wildman–Crippen LogP) is 0.679. The van der Waals surface area contributed by atoms with Crippen LogP contribution < -0.4 is 4.72 Å². The number of ether oxygens (including phenoxy) is 1. The molecule has 0 amide bonds. The number of nitrogens with one attached hydrogen (secondary N) is 1. The average Bonchev–Trinajstić information content (AvgIpc) is 2.61. The molecule has 0 saturated heterocycles. The molecular weight excluding hydrogens is 266 g/mol. The van der Waals surface area contributed by atoms with Crippen LogP contribution in [0.3, 0.4) is 0 Å². The second-order valence-corrected chi connectivity index (χ2v) is 6.22. The van der Waals surface area contributed by atoms with Crippen LogP contribution in [0.25, 0.3) is 0 Å². The number of sulfonamides is 1. The molecule has 8 heteroatoms. The SMILES string of the molecule is COCCNS(=O)(=O)c1cc(C(=O)O)sc1C. The van der Waals surface area contributed by atoms with Gasteiger partial charge >= 0.3 is 5.97 Å². The van der Waals surface area contributed by atoms with Crippen molar-refractivity contribution in [1.82, 2.24) is 4.72 Å². The highest BCUT2D eigenvalue weighted by atomic mass is 32.2. The van der Waals surface area contributed by atoms with Crippen molar-refractivity contribution in [2.75, 3.05) is 20.3 Å². The summed E-state index contributed by atoms with van der Waals surface area (Å²) in [4.78, 5) is 11.2. The Labute approximate surface area is 103 Å². The van der Waals surface area contributed by atoms with Crippen LogP contribution in [0, 0.1) is 6.92 Å². The highest BCUT2D eigenvalue weighted by molar-refractivity contribution is 7.89. The Hall–Kier alpha value is -0.960. The highest BCUT2D eigenvalue weighted by Gasteiger charge is 2.21. The van der Waals surface area contributed by atoms with Crippen molar-refractivity contribution < 1.29 is 23.1 Å².